The van der Waals surface area contributed by atoms with Gasteiger partial charge in [-0.3, -0.25) is 9.89 Å². The van der Waals surface area contributed by atoms with Crippen molar-refractivity contribution in [2.24, 2.45) is 10.9 Å². The van der Waals surface area contributed by atoms with Crippen molar-refractivity contribution in [3.05, 3.63) is 35.6 Å². The Bertz CT molecular complexity index is 589. The van der Waals surface area contributed by atoms with E-state index >= 15 is 0 Å². The Morgan fingerprint density at radius 1 is 1.31 bits per heavy atom. The Morgan fingerprint density at radius 3 is 2.92 bits per heavy atom. The van der Waals surface area contributed by atoms with E-state index in [1.165, 1.54) is 12.5 Å². The summed E-state index contributed by atoms with van der Waals surface area (Å²) in [7, 11) is 1.85. The van der Waals surface area contributed by atoms with Gasteiger partial charge in [0.25, 0.3) is 0 Å². The van der Waals surface area contributed by atoms with Gasteiger partial charge in [-0.2, -0.15) is 0 Å². The van der Waals surface area contributed by atoms with Gasteiger partial charge in [-0.05, 0) is 42.9 Å². The summed E-state index contributed by atoms with van der Waals surface area (Å²) in [5.41, 5.74) is 1.05. The number of nitrogens with one attached hydrogen (secondary N) is 1. The highest BCUT2D eigenvalue weighted by Gasteiger charge is 2.26. The average molecular weight is 362 g/mol. The topological polar surface area (TPSA) is 40.1 Å². The minimum Gasteiger partial charge on any atom is -0.379 e. The summed E-state index contributed by atoms with van der Waals surface area (Å²) in [5.74, 6) is 1.54. The van der Waals surface area contributed by atoms with Crippen LogP contribution in [0, 0.1) is 11.7 Å². The normalized spacial score (nSPS) is 22.0. The molecule has 0 aliphatic carbocycles. The monoisotopic (exact) mass is 362 g/mol. The molecule has 1 N–H and O–H groups in total. The van der Waals surface area contributed by atoms with Crippen molar-refractivity contribution in [3.8, 4) is 0 Å². The zero-order chi connectivity index (χ0) is 18.2. The molecule has 144 valence electrons. The third kappa shape index (κ3) is 5.68. The van der Waals surface area contributed by atoms with E-state index in [1.54, 1.807) is 12.1 Å². The molecule has 1 atom stereocenters. The summed E-state index contributed by atoms with van der Waals surface area (Å²) < 4.78 is 18.6. The fraction of sp³-hybridized carbons (Fsp3) is 0.650. The molecule has 1 unspecified atom stereocenters. The minimum atomic E-state index is -0.158. The van der Waals surface area contributed by atoms with Gasteiger partial charge in [-0.15, -0.1) is 0 Å². The molecule has 5 nitrogen and oxygen atoms in total. The van der Waals surface area contributed by atoms with Gasteiger partial charge in [-0.25, -0.2) is 4.39 Å². The number of guanidine groups is 1. The number of hydrogen-bond acceptors (Lipinski definition) is 3. The fourth-order valence-corrected chi connectivity index (χ4v) is 3.84. The molecule has 0 amide bonds. The van der Waals surface area contributed by atoms with Crippen LogP contribution in [0.4, 0.5) is 4.39 Å². The Hall–Kier alpha value is -1.66. The van der Waals surface area contributed by atoms with E-state index in [9.17, 15) is 4.39 Å². The van der Waals surface area contributed by atoms with Gasteiger partial charge in [-0.1, -0.05) is 12.1 Å². The van der Waals surface area contributed by atoms with Crippen molar-refractivity contribution < 1.29 is 9.13 Å². The van der Waals surface area contributed by atoms with Crippen molar-refractivity contribution in [3.63, 3.8) is 0 Å². The molecule has 0 saturated carbocycles. The highest BCUT2D eigenvalue weighted by atomic mass is 19.1. The number of ether oxygens (including phenoxy) is 1. The van der Waals surface area contributed by atoms with Gasteiger partial charge in [0.05, 0.1) is 13.2 Å². The molecule has 2 fully saturated rings. The highest BCUT2D eigenvalue weighted by molar-refractivity contribution is 5.80. The predicted octanol–water partition coefficient (Wildman–Crippen LogP) is 1.99. The molecule has 2 aliphatic heterocycles. The number of nitrogens with zero attached hydrogens (tertiary/aromatic N) is 3. The van der Waals surface area contributed by atoms with E-state index < -0.39 is 0 Å². The largest absolute Gasteiger partial charge is 0.379 e. The number of morpholine rings is 1. The van der Waals surface area contributed by atoms with Crippen LogP contribution in [0.5, 0.6) is 0 Å². The van der Waals surface area contributed by atoms with E-state index in [2.05, 4.69) is 20.1 Å². The number of halogens is 1. The predicted molar refractivity (Wildman–Crippen MR) is 103 cm³/mol. The molecule has 0 spiro atoms. The number of rotatable bonds is 6. The Kier molecular flexibility index (Phi) is 7.26. The number of aryl methyl sites for hydroxylation is 1. The first-order valence-corrected chi connectivity index (χ1v) is 9.75. The lowest BCUT2D eigenvalue weighted by atomic mass is 10.1. The van der Waals surface area contributed by atoms with Crippen molar-refractivity contribution >= 4 is 5.96 Å². The molecule has 2 heterocycles. The number of benzene rings is 1. The summed E-state index contributed by atoms with van der Waals surface area (Å²) >= 11 is 0. The van der Waals surface area contributed by atoms with E-state index in [4.69, 9.17) is 4.74 Å². The molecule has 6 heteroatoms. The van der Waals surface area contributed by atoms with E-state index in [0.717, 1.165) is 76.8 Å². The quantitative estimate of drug-likeness (QED) is 0.477. The zero-order valence-electron chi connectivity index (χ0n) is 15.8. The summed E-state index contributed by atoms with van der Waals surface area (Å²) in [6.45, 7) is 8.01. The van der Waals surface area contributed by atoms with Crippen LogP contribution in [0.15, 0.2) is 29.3 Å². The Morgan fingerprint density at radius 2 is 2.15 bits per heavy atom. The second-order valence-corrected chi connectivity index (χ2v) is 7.22. The number of aliphatic imine (C=N–C) groups is 1. The molecular formula is C20H31FN4O. The fourth-order valence-electron chi connectivity index (χ4n) is 3.84. The highest BCUT2D eigenvalue weighted by Crippen LogP contribution is 2.18. The van der Waals surface area contributed by atoms with E-state index in [-0.39, 0.29) is 5.82 Å². The molecule has 26 heavy (non-hydrogen) atoms. The summed E-state index contributed by atoms with van der Waals surface area (Å²) in [6.07, 6.45) is 3.07. The van der Waals surface area contributed by atoms with Crippen molar-refractivity contribution in [1.82, 2.24) is 15.1 Å². The first-order valence-electron chi connectivity index (χ1n) is 9.75. The van der Waals surface area contributed by atoms with Gasteiger partial charge in [0, 0.05) is 46.3 Å². The minimum absolute atomic E-state index is 0.158. The van der Waals surface area contributed by atoms with E-state index in [0.29, 0.717) is 5.92 Å². The standard InChI is InChI=1S/C20H31FN4O/c1-22-20(23-8-3-5-17-4-2-6-19(21)14-17)25-9-7-18(16-25)15-24-10-12-26-13-11-24/h2,4,6,14,18H,3,5,7-13,15-16H2,1H3,(H,22,23). The van der Waals surface area contributed by atoms with Gasteiger partial charge in [0.1, 0.15) is 5.82 Å². The van der Waals surface area contributed by atoms with Crippen LogP contribution in [0.25, 0.3) is 0 Å². The van der Waals surface area contributed by atoms with Gasteiger partial charge in [0.15, 0.2) is 5.96 Å². The molecule has 1 aromatic rings. The maximum absolute atomic E-state index is 13.2. The van der Waals surface area contributed by atoms with Crippen molar-refractivity contribution in [2.45, 2.75) is 19.3 Å². The summed E-state index contributed by atoms with van der Waals surface area (Å²) in [5, 5.41) is 3.47. The Labute approximate surface area is 156 Å². The molecule has 0 radical (unpaired) electrons. The second kappa shape index (κ2) is 9.88. The van der Waals surface area contributed by atoms with Crippen LogP contribution >= 0.6 is 0 Å². The lowest BCUT2D eigenvalue weighted by Gasteiger charge is -2.29. The molecule has 1 aromatic carbocycles. The first-order chi connectivity index (χ1) is 12.7. The third-order valence-corrected chi connectivity index (χ3v) is 5.23. The smallest absolute Gasteiger partial charge is 0.193 e. The van der Waals surface area contributed by atoms with Crippen LogP contribution in [0.1, 0.15) is 18.4 Å². The molecule has 3 rings (SSSR count). The third-order valence-electron chi connectivity index (χ3n) is 5.23. The number of hydrogen-bond donors (Lipinski definition) is 1. The lowest BCUT2D eigenvalue weighted by Crippen LogP contribution is -2.42. The van der Waals surface area contributed by atoms with Gasteiger partial charge in [0.2, 0.25) is 0 Å². The van der Waals surface area contributed by atoms with Crippen LogP contribution < -0.4 is 5.32 Å². The maximum atomic E-state index is 13.2. The van der Waals surface area contributed by atoms with E-state index in [1.807, 2.05) is 13.1 Å². The molecule has 0 bridgehead atoms. The summed E-state index contributed by atoms with van der Waals surface area (Å²) in [6, 6.07) is 6.86. The van der Waals surface area contributed by atoms with Gasteiger partial charge < -0.3 is 15.0 Å². The van der Waals surface area contributed by atoms with Crippen LogP contribution in [-0.2, 0) is 11.2 Å². The molecule has 0 aromatic heterocycles. The molecule has 2 aliphatic rings. The first kappa shape index (κ1) is 19.1. The van der Waals surface area contributed by atoms with Crippen molar-refractivity contribution in [1.29, 1.82) is 0 Å². The second-order valence-electron chi connectivity index (χ2n) is 7.22. The lowest BCUT2D eigenvalue weighted by molar-refractivity contribution is 0.0315. The summed E-state index contributed by atoms with van der Waals surface area (Å²) in [4.78, 5) is 9.34. The average Bonchev–Trinajstić information content (AvgIpc) is 3.11. The maximum Gasteiger partial charge on any atom is 0.193 e. The zero-order valence-corrected chi connectivity index (χ0v) is 15.8. The Balaban J connectivity index is 1.37. The van der Waals surface area contributed by atoms with Gasteiger partial charge >= 0.3 is 0 Å². The SMILES string of the molecule is CN=C(NCCCc1cccc(F)c1)N1CCC(CN2CCOCC2)C1. The van der Waals surface area contributed by atoms with Crippen LogP contribution in [0.3, 0.4) is 0 Å². The molecule has 2 saturated heterocycles. The van der Waals surface area contributed by atoms with Crippen molar-refractivity contribution in [2.75, 3.05) is 59.5 Å². The molecular weight excluding hydrogens is 331 g/mol. The van der Waals surface area contributed by atoms with Crippen LogP contribution in [-0.4, -0.2) is 75.3 Å². The number of likely N-dealkylation sites (tertiary alicyclic amines) is 1. The van der Waals surface area contributed by atoms with Crippen LogP contribution in [0.2, 0.25) is 0 Å².